The number of primary amides is 1. The molecule has 0 aliphatic rings. The highest BCUT2D eigenvalue weighted by Crippen LogP contribution is 2.29. The molecule has 2 rings (SSSR count). The number of hydrogen-bond donors (Lipinski definition) is 3. The summed E-state index contributed by atoms with van der Waals surface area (Å²) in [6, 6.07) is 6.06. The third-order valence-corrected chi connectivity index (χ3v) is 2.66. The maximum absolute atomic E-state index is 13.6. The summed E-state index contributed by atoms with van der Waals surface area (Å²) < 4.78 is 39.6. The molecule has 7 heteroatoms. The number of carbonyl (C=O) groups excluding carboxylic acids is 1. The van der Waals surface area contributed by atoms with Gasteiger partial charge < -0.3 is 16.8 Å². The number of nitrogens with one attached hydrogen (secondary N) is 1. The number of nitrogen functional groups attached to an aromatic ring is 1. The molecule has 0 unspecified atom stereocenters. The number of para-hydroxylation sites is 1. The van der Waals surface area contributed by atoms with Gasteiger partial charge in [-0.3, -0.25) is 4.79 Å². The maximum Gasteiger partial charge on any atom is 0.250 e. The van der Waals surface area contributed by atoms with Crippen LogP contribution in [-0.2, 0) is 0 Å². The molecule has 5 N–H and O–H groups in total. The van der Waals surface area contributed by atoms with Gasteiger partial charge in [0, 0.05) is 0 Å². The second-order valence-electron chi connectivity index (χ2n) is 3.98. The minimum absolute atomic E-state index is 0.00846. The molecule has 4 nitrogen and oxygen atoms in total. The average molecular weight is 281 g/mol. The first-order chi connectivity index (χ1) is 9.41. The van der Waals surface area contributed by atoms with Crippen LogP contribution >= 0.6 is 0 Å². The van der Waals surface area contributed by atoms with Crippen LogP contribution in [0.4, 0.5) is 30.2 Å². The number of nitrogens with two attached hydrogens (primary N) is 2. The molecule has 0 spiro atoms. The number of carbonyl (C=O) groups is 1. The Bertz CT molecular complexity index is 689. The van der Waals surface area contributed by atoms with Gasteiger partial charge >= 0.3 is 0 Å². The number of amides is 1. The van der Waals surface area contributed by atoms with Crippen molar-refractivity contribution in [1.29, 1.82) is 0 Å². The van der Waals surface area contributed by atoms with Crippen LogP contribution in [0.1, 0.15) is 10.4 Å². The number of benzene rings is 2. The van der Waals surface area contributed by atoms with Crippen molar-refractivity contribution in [2.75, 3.05) is 11.1 Å². The van der Waals surface area contributed by atoms with E-state index in [0.29, 0.717) is 0 Å². The Morgan fingerprint density at radius 3 is 2.40 bits per heavy atom. The summed E-state index contributed by atoms with van der Waals surface area (Å²) in [6.07, 6.45) is 0. The van der Waals surface area contributed by atoms with Crippen LogP contribution in [-0.4, -0.2) is 5.91 Å². The molecule has 0 saturated carbocycles. The number of rotatable bonds is 3. The van der Waals surface area contributed by atoms with E-state index in [4.69, 9.17) is 11.5 Å². The molecule has 0 saturated heterocycles. The van der Waals surface area contributed by atoms with E-state index in [9.17, 15) is 18.0 Å². The zero-order valence-electron chi connectivity index (χ0n) is 10.1. The fraction of sp³-hybridized carbons (Fsp3) is 0. The van der Waals surface area contributed by atoms with Crippen LogP contribution in [0.3, 0.4) is 0 Å². The molecule has 0 heterocycles. The van der Waals surface area contributed by atoms with Gasteiger partial charge in [-0.1, -0.05) is 6.07 Å². The second kappa shape index (κ2) is 5.12. The van der Waals surface area contributed by atoms with Gasteiger partial charge in [0.15, 0.2) is 17.5 Å². The summed E-state index contributed by atoms with van der Waals surface area (Å²) in [5.74, 6) is -5.14. The normalized spacial score (nSPS) is 10.3. The van der Waals surface area contributed by atoms with E-state index in [-0.39, 0.29) is 22.6 Å². The largest absolute Gasteiger partial charge is 0.397 e. The van der Waals surface area contributed by atoms with Gasteiger partial charge in [-0.2, -0.15) is 0 Å². The van der Waals surface area contributed by atoms with Gasteiger partial charge in [-0.15, -0.1) is 0 Å². The summed E-state index contributed by atoms with van der Waals surface area (Å²) in [7, 11) is 0. The molecular weight excluding hydrogens is 271 g/mol. The highest BCUT2D eigenvalue weighted by Gasteiger charge is 2.17. The Balaban J connectivity index is 2.51. The fourth-order valence-corrected chi connectivity index (χ4v) is 1.67. The molecule has 0 atom stereocenters. The van der Waals surface area contributed by atoms with E-state index in [0.717, 1.165) is 12.1 Å². The topological polar surface area (TPSA) is 81.1 Å². The van der Waals surface area contributed by atoms with Gasteiger partial charge in [0.1, 0.15) is 0 Å². The Morgan fingerprint density at radius 1 is 1.05 bits per heavy atom. The molecule has 0 radical (unpaired) electrons. The average Bonchev–Trinajstić information content (AvgIpc) is 2.41. The summed E-state index contributed by atoms with van der Waals surface area (Å²) in [5.41, 5.74) is 10.6. The molecule has 0 aliphatic heterocycles. The summed E-state index contributed by atoms with van der Waals surface area (Å²) in [4.78, 5) is 11.3. The molecule has 20 heavy (non-hydrogen) atoms. The van der Waals surface area contributed by atoms with Crippen molar-refractivity contribution in [1.82, 2.24) is 0 Å². The summed E-state index contributed by atoms with van der Waals surface area (Å²) in [5, 5.41) is 2.45. The van der Waals surface area contributed by atoms with Gasteiger partial charge in [0.05, 0.1) is 22.6 Å². The summed E-state index contributed by atoms with van der Waals surface area (Å²) in [6.45, 7) is 0. The van der Waals surface area contributed by atoms with Gasteiger partial charge in [0.25, 0.3) is 5.91 Å². The quantitative estimate of drug-likeness (QED) is 0.597. The maximum atomic E-state index is 13.6. The highest BCUT2D eigenvalue weighted by molar-refractivity contribution is 6.02. The lowest BCUT2D eigenvalue weighted by Gasteiger charge is -2.13. The van der Waals surface area contributed by atoms with Crippen molar-refractivity contribution in [2.45, 2.75) is 0 Å². The minimum atomic E-state index is -1.62. The fourth-order valence-electron chi connectivity index (χ4n) is 1.67. The Kier molecular flexibility index (Phi) is 3.51. The highest BCUT2D eigenvalue weighted by atomic mass is 19.2. The van der Waals surface area contributed by atoms with Crippen molar-refractivity contribution in [3.05, 3.63) is 53.3 Å². The van der Waals surface area contributed by atoms with Gasteiger partial charge in [-0.25, -0.2) is 13.2 Å². The van der Waals surface area contributed by atoms with Crippen LogP contribution in [0, 0.1) is 17.5 Å². The van der Waals surface area contributed by atoms with Crippen LogP contribution in [0.2, 0.25) is 0 Å². The van der Waals surface area contributed by atoms with E-state index >= 15 is 0 Å². The Hall–Kier alpha value is -2.70. The number of anilines is 3. The monoisotopic (exact) mass is 281 g/mol. The molecule has 0 bridgehead atoms. The smallest absolute Gasteiger partial charge is 0.250 e. The number of hydrogen-bond acceptors (Lipinski definition) is 3. The van der Waals surface area contributed by atoms with Crippen molar-refractivity contribution in [2.24, 2.45) is 5.73 Å². The first kappa shape index (κ1) is 13.7. The van der Waals surface area contributed by atoms with Crippen molar-refractivity contribution < 1.29 is 18.0 Å². The zero-order chi connectivity index (χ0) is 14.9. The lowest BCUT2D eigenvalue weighted by molar-refractivity contribution is 0.100. The molecule has 0 fully saturated rings. The predicted octanol–water partition coefficient (Wildman–Crippen LogP) is 2.53. The molecule has 0 aromatic heterocycles. The van der Waals surface area contributed by atoms with E-state index in [1.807, 2.05) is 0 Å². The van der Waals surface area contributed by atoms with Crippen LogP contribution in [0.5, 0.6) is 0 Å². The third-order valence-electron chi connectivity index (χ3n) is 2.66. The molecule has 0 aliphatic carbocycles. The van der Waals surface area contributed by atoms with Crippen molar-refractivity contribution in [3.8, 4) is 0 Å². The predicted molar refractivity (Wildman–Crippen MR) is 69.0 cm³/mol. The van der Waals surface area contributed by atoms with Crippen LogP contribution in [0.15, 0.2) is 30.3 Å². The second-order valence-corrected chi connectivity index (χ2v) is 3.98. The van der Waals surface area contributed by atoms with E-state index in [1.54, 1.807) is 0 Å². The zero-order valence-corrected chi connectivity index (χ0v) is 10.1. The van der Waals surface area contributed by atoms with E-state index < -0.39 is 23.4 Å². The first-order valence-corrected chi connectivity index (χ1v) is 5.50. The molecule has 104 valence electrons. The summed E-state index contributed by atoms with van der Waals surface area (Å²) >= 11 is 0. The SMILES string of the molecule is NC(=O)c1cccc(N)c1Nc1ccc(F)c(F)c1F. The van der Waals surface area contributed by atoms with Crippen molar-refractivity contribution in [3.63, 3.8) is 0 Å². The number of halogens is 3. The Morgan fingerprint density at radius 2 is 1.75 bits per heavy atom. The van der Waals surface area contributed by atoms with E-state index in [1.165, 1.54) is 18.2 Å². The molecule has 2 aromatic carbocycles. The third kappa shape index (κ3) is 2.37. The Labute approximate surface area is 112 Å². The lowest BCUT2D eigenvalue weighted by Crippen LogP contribution is -2.14. The van der Waals surface area contributed by atoms with Gasteiger partial charge in [-0.05, 0) is 24.3 Å². The van der Waals surface area contributed by atoms with Crippen molar-refractivity contribution >= 4 is 23.0 Å². The molecular formula is C13H10F3N3O. The molecule has 2 aromatic rings. The lowest BCUT2D eigenvalue weighted by atomic mass is 10.1. The van der Waals surface area contributed by atoms with E-state index in [2.05, 4.69) is 5.32 Å². The van der Waals surface area contributed by atoms with Crippen LogP contribution in [0.25, 0.3) is 0 Å². The van der Waals surface area contributed by atoms with Gasteiger partial charge in [0.2, 0.25) is 0 Å². The molecule has 1 amide bonds. The van der Waals surface area contributed by atoms with Crippen LogP contribution < -0.4 is 16.8 Å². The minimum Gasteiger partial charge on any atom is -0.397 e. The first-order valence-electron chi connectivity index (χ1n) is 5.50. The standard InChI is InChI=1S/C13H10F3N3O/c14-7-4-5-9(11(16)10(7)15)19-12-6(13(18)20)2-1-3-8(12)17/h1-5,19H,17H2,(H2,18,20).